The van der Waals surface area contributed by atoms with Crippen LogP contribution in [-0.2, 0) is 0 Å². The maximum Gasteiger partial charge on any atom is 0.00977 e. The van der Waals surface area contributed by atoms with E-state index in [4.69, 9.17) is 0 Å². The Morgan fingerprint density at radius 3 is 2.54 bits per heavy atom. The van der Waals surface area contributed by atoms with Crippen LogP contribution in [0.2, 0.25) is 0 Å². The van der Waals surface area contributed by atoms with E-state index < -0.39 is 0 Å². The molecule has 1 nitrogen and oxygen atoms in total. The van der Waals surface area contributed by atoms with Crippen LogP contribution in [0.4, 0.5) is 0 Å². The lowest BCUT2D eigenvalue weighted by Crippen LogP contribution is -2.41. The van der Waals surface area contributed by atoms with E-state index in [0.29, 0.717) is 0 Å². The van der Waals surface area contributed by atoms with Crippen LogP contribution in [0.1, 0.15) is 52.9 Å². The molecule has 0 radical (unpaired) electrons. The van der Waals surface area contributed by atoms with E-state index in [1.807, 2.05) is 0 Å². The third kappa shape index (κ3) is 3.30. The fourth-order valence-corrected chi connectivity index (χ4v) is 2.54. The van der Waals surface area contributed by atoms with Crippen molar-refractivity contribution in [3.05, 3.63) is 0 Å². The molecule has 0 aliphatic heterocycles. The molecule has 78 valence electrons. The van der Waals surface area contributed by atoms with Crippen LogP contribution in [0.3, 0.4) is 0 Å². The Morgan fingerprint density at radius 2 is 1.92 bits per heavy atom. The smallest absolute Gasteiger partial charge is 0.00977 e. The van der Waals surface area contributed by atoms with Gasteiger partial charge in [0.25, 0.3) is 0 Å². The average molecular weight is 183 g/mol. The van der Waals surface area contributed by atoms with Crippen LogP contribution in [0.5, 0.6) is 0 Å². The molecule has 0 aromatic heterocycles. The van der Waals surface area contributed by atoms with Crippen LogP contribution >= 0.6 is 0 Å². The summed E-state index contributed by atoms with van der Waals surface area (Å²) in [5, 5.41) is 3.70. The highest BCUT2D eigenvalue weighted by atomic mass is 14.9. The van der Waals surface area contributed by atoms with Crippen LogP contribution in [0, 0.1) is 11.8 Å². The third-order valence-electron chi connectivity index (χ3n) is 3.33. The van der Waals surface area contributed by atoms with Crippen molar-refractivity contribution in [1.29, 1.82) is 0 Å². The molecule has 1 saturated carbocycles. The van der Waals surface area contributed by atoms with Gasteiger partial charge in [-0.15, -0.1) is 0 Å². The Kier molecular flexibility index (Phi) is 4.79. The van der Waals surface area contributed by atoms with Gasteiger partial charge in [-0.2, -0.15) is 0 Å². The van der Waals surface area contributed by atoms with Crippen molar-refractivity contribution >= 4 is 0 Å². The van der Waals surface area contributed by atoms with E-state index in [2.05, 4.69) is 26.1 Å². The lowest BCUT2D eigenvalue weighted by molar-refractivity contribution is 0.206. The van der Waals surface area contributed by atoms with E-state index >= 15 is 0 Å². The second-order valence-corrected chi connectivity index (χ2v) is 4.75. The van der Waals surface area contributed by atoms with Gasteiger partial charge in [0.1, 0.15) is 0 Å². The Labute approximate surface area is 83.3 Å². The summed E-state index contributed by atoms with van der Waals surface area (Å²) in [6.07, 6.45) is 7.00. The van der Waals surface area contributed by atoms with Crippen molar-refractivity contribution in [3.8, 4) is 0 Å². The topological polar surface area (TPSA) is 12.0 Å². The highest BCUT2D eigenvalue weighted by Crippen LogP contribution is 2.29. The lowest BCUT2D eigenvalue weighted by Gasteiger charge is -2.35. The molecule has 1 N–H and O–H groups in total. The Hall–Kier alpha value is -0.0400. The number of hydrogen-bond donors (Lipinski definition) is 1. The van der Waals surface area contributed by atoms with Gasteiger partial charge in [0.2, 0.25) is 0 Å². The normalized spacial score (nSPS) is 29.5. The van der Waals surface area contributed by atoms with E-state index in [9.17, 15) is 0 Å². The van der Waals surface area contributed by atoms with Crippen molar-refractivity contribution in [3.63, 3.8) is 0 Å². The van der Waals surface area contributed by atoms with Gasteiger partial charge in [0.05, 0.1) is 0 Å². The monoisotopic (exact) mass is 183 g/mol. The first-order valence-electron chi connectivity index (χ1n) is 5.99. The van der Waals surface area contributed by atoms with Gasteiger partial charge in [-0.05, 0) is 37.6 Å². The van der Waals surface area contributed by atoms with Crippen molar-refractivity contribution in [2.45, 2.75) is 58.9 Å². The summed E-state index contributed by atoms with van der Waals surface area (Å²) in [5.74, 6) is 1.79. The average Bonchev–Trinajstić information content (AvgIpc) is 2.15. The second kappa shape index (κ2) is 5.64. The molecule has 0 amide bonds. The quantitative estimate of drug-likeness (QED) is 0.706. The predicted octanol–water partition coefficient (Wildman–Crippen LogP) is 3.20. The molecule has 0 heterocycles. The first-order chi connectivity index (χ1) is 6.25. The molecule has 1 aliphatic carbocycles. The molecular weight excluding hydrogens is 158 g/mol. The predicted molar refractivity (Wildman–Crippen MR) is 58.9 cm³/mol. The Morgan fingerprint density at radius 1 is 1.23 bits per heavy atom. The van der Waals surface area contributed by atoms with Gasteiger partial charge < -0.3 is 5.32 Å². The summed E-state index contributed by atoms with van der Waals surface area (Å²) >= 11 is 0. The molecule has 1 fully saturated rings. The van der Waals surface area contributed by atoms with Gasteiger partial charge in [0.15, 0.2) is 0 Å². The molecule has 1 rings (SSSR count). The Balaban J connectivity index is 2.37. The molecule has 2 unspecified atom stereocenters. The number of hydrogen-bond acceptors (Lipinski definition) is 1. The molecule has 2 atom stereocenters. The summed E-state index contributed by atoms with van der Waals surface area (Å²) in [7, 11) is 0. The minimum Gasteiger partial charge on any atom is -0.314 e. The van der Waals surface area contributed by atoms with Gasteiger partial charge >= 0.3 is 0 Å². The highest BCUT2D eigenvalue weighted by Gasteiger charge is 2.26. The van der Waals surface area contributed by atoms with Crippen molar-refractivity contribution in [2.75, 3.05) is 6.54 Å². The van der Waals surface area contributed by atoms with Gasteiger partial charge in [0, 0.05) is 6.04 Å². The van der Waals surface area contributed by atoms with Crippen LogP contribution in [0.15, 0.2) is 0 Å². The molecule has 0 bridgehead atoms. The molecule has 1 aliphatic rings. The standard InChI is InChI=1S/C12H25N/c1-4-9-13-12-8-6-5-7-11(12)10(2)3/h10-13H,4-9H2,1-3H3. The summed E-state index contributed by atoms with van der Waals surface area (Å²) in [5.41, 5.74) is 0. The summed E-state index contributed by atoms with van der Waals surface area (Å²) in [6, 6.07) is 0.814. The second-order valence-electron chi connectivity index (χ2n) is 4.75. The van der Waals surface area contributed by atoms with E-state index in [1.165, 1.54) is 38.6 Å². The zero-order valence-electron chi connectivity index (χ0n) is 9.47. The fourth-order valence-electron chi connectivity index (χ4n) is 2.54. The lowest BCUT2D eigenvalue weighted by atomic mass is 9.78. The third-order valence-corrected chi connectivity index (χ3v) is 3.33. The molecule has 0 aromatic rings. The van der Waals surface area contributed by atoms with E-state index in [1.54, 1.807) is 0 Å². The minimum atomic E-state index is 0.814. The van der Waals surface area contributed by atoms with E-state index in [0.717, 1.165) is 17.9 Å². The molecule has 0 spiro atoms. The Bertz CT molecular complexity index is 131. The van der Waals surface area contributed by atoms with Gasteiger partial charge in [-0.25, -0.2) is 0 Å². The van der Waals surface area contributed by atoms with Crippen molar-refractivity contribution in [2.24, 2.45) is 11.8 Å². The van der Waals surface area contributed by atoms with Crippen molar-refractivity contribution in [1.82, 2.24) is 5.32 Å². The van der Waals surface area contributed by atoms with Crippen LogP contribution in [0.25, 0.3) is 0 Å². The zero-order valence-corrected chi connectivity index (χ0v) is 9.47. The largest absolute Gasteiger partial charge is 0.314 e. The summed E-state index contributed by atoms with van der Waals surface area (Å²) < 4.78 is 0. The minimum absolute atomic E-state index is 0.814. The maximum atomic E-state index is 3.70. The fraction of sp³-hybridized carbons (Fsp3) is 1.00. The first kappa shape index (κ1) is 11.0. The van der Waals surface area contributed by atoms with Gasteiger partial charge in [-0.1, -0.05) is 33.6 Å². The summed E-state index contributed by atoms with van der Waals surface area (Å²) in [4.78, 5) is 0. The SMILES string of the molecule is CCCNC1CCCCC1C(C)C. The molecule has 1 heteroatoms. The zero-order chi connectivity index (χ0) is 9.68. The van der Waals surface area contributed by atoms with E-state index in [-0.39, 0.29) is 0 Å². The first-order valence-corrected chi connectivity index (χ1v) is 5.99. The molecule has 13 heavy (non-hydrogen) atoms. The maximum absolute atomic E-state index is 3.70. The molecular formula is C12H25N. The van der Waals surface area contributed by atoms with Crippen molar-refractivity contribution < 1.29 is 0 Å². The number of rotatable bonds is 4. The number of nitrogens with one attached hydrogen (secondary N) is 1. The van der Waals surface area contributed by atoms with Crippen LogP contribution < -0.4 is 5.32 Å². The van der Waals surface area contributed by atoms with Crippen LogP contribution in [-0.4, -0.2) is 12.6 Å². The molecule has 0 saturated heterocycles. The highest BCUT2D eigenvalue weighted by molar-refractivity contribution is 4.82. The summed E-state index contributed by atoms with van der Waals surface area (Å²) in [6.45, 7) is 8.20. The van der Waals surface area contributed by atoms with Gasteiger partial charge in [-0.3, -0.25) is 0 Å². The molecule has 0 aromatic carbocycles.